The molecule has 0 saturated carbocycles. The number of halogens is 3. The molecule has 3 N–H and O–H groups in total. The Labute approximate surface area is 120 Å². The van der Waals surface area contributed by atoms with Gasteiger partial charge in [0.2, 0.25) is 5.91 Å². The molecule has 0 aliphatic carbocycles. The SMILES string of the molecule is CC1(C)C(=O)Nc2ccc(C(N)COCC(F)(F)F)cc21. The molecule has 0 spiro atoms. The van der Waals surface area contributed by atoms with Crippen LogP contribution in [0.1, 0.15) is 31.0 Å². The van der Waals surface area contributed by atoms with Crippen molar-refractivity contribution in [2.45, 2.75) is 31.5 Å². The zero-order chi connectivity index (χ0) is 15.8. The second kappa shape index (κ2) is 5.31. The summed E-state index contributed by atoms with van der Waals surface area (Å²) < 4.78 is 40.6. The summed E-state index contributed by atoms with van der Waals surface area (Å²) in [6.07, 6.45) is -4.37. The lowest BCUT2D eigenvalue weighted by Gasteiger charge is -2.18. The summed E-state index contributed by atoms with van der Waals surface area (Å²) in [5.74, 6) is -0.114. The van der Waals surface area contributed by atoms with E-state index in [9.17, 15) is 18.0 Å². The first kappa shape index (κ1) is 15.8. The third-order valence-electron chi connectivity index (χ3n) is 3.52. The Morgan fingerprint density at radius 1 is 1.38 bits per heavy atom. The molecular formula is C14H17F3N2O2. The van der Waals surface area contributed by atoms with Gasteiger partial charge in [0.25, 0.3) is 0 Å². The molecule has 0 fully saturated rings. The molecule has 1 aliphatic heterocycles. The standard InChI is InChI=1S/C14H17F3N2O2/c1-13(2)9-5-8(3-4-11(9)19-12(13)20)10(18)6-21-7-14(15,16)17/h3-5,10H,6-7,18H2,1-2H3,(H,19,20). The molecule has 2 rings (SSSR count). The maximum Gasteiger partial charge on any atom is 0.411 e. The van der Waals surface area contributed by atoms with Crippen LogP contribution in [-0.2, 0) is 14.9 Å². The molecule has 1 atom stereocenters. The first-order valence-corrected chi connectivity index (χ1v) is 6.47. The third-order valence-corrected chi connectivity index (χ3v) is 3.52. The zero-order valence-electron chi connectivity index (χ0n) is 11.8. The van der Waals surface area contributed by atoms with Crippen LogP contribution in [-0.4, -0.2) is 25.3 Å². The van der Waals surface area contributed by atoms with Crippen molar-refractivity contribution in [1.82, 2.24) is 0 Å². The van der Waals surface area contributed by atoms with Gasteiger partial charge in [0.15, 0.2) is 0 Å². The molecule has 0 radical (unpaired) electrons. The highest BCUT2D eigenvalue weighted by Crippen LogP contribution is 2.38. The Morgan fingerprint density at radius 3 is 2.67 bits per heavy atom. The number of carbonyl (C=O) groups excluding carboxylic acids is 1. The van der Waals surface area contributed by atoms with Crippen LogP contribution in [0.25, 0.3) is 0 Å². The first-order valence-electron chi connectivity index (χ1n) is 6.47. The van der Waals surface area contributed by atoms with Gasteiger partial charge in [-0.05, 0) is 31.0 Å². The van der Waals surface area contributed by atoms with Gasteiger partial charge in [-0.3, -0.25) is 4.79 Å². The van der Waals surface area contributed by atoms with E-state index in [2.05, 4.69) is 10.1 Å². The number of hydrogen-bond acceptors (Lipinski definition) is 3. The fourth-order valence-electron chi connectivity index (χ4n) is 2.22. The number of amides is 1. The van der Waals surface area contributed by atoms with Crippen molar-refractivity contribution in [3.63, 3.8) is 0 Å². The summed E-state index contributed by atoms with van der Waals surface area (Å²) >= 11 is 0. The number of fused-ring (bicyclic) bond motifs is 1. The van der Waals surface area contributed by atoms with Gasteiger partial charge in [-0.25, -0.2) is 0 Å². The fraction of sp³-hybridized carbons (Fsp3) is 0.500. The topological polar surface area (TPSA) is 64.4 Å². The van der Waals surface area contributed by atoms with Gasteiger partial charge in [-0.1, -0.05) is 12.1 Å². The molecular weight excluding hydrogens is 285 g/mol. The van der Waals surface area contributed by atoms with Crippen LogP contribution >= 0.6 is 0 Å². The average molecular weight is 302 g/mol. The number of hydrogen-bond donors (Lipinski definition) is 2. The quantitative estimate of drug-likeness (QED) is 0.898. The second-order valence-corrected chi connectivity index (χ2v) is 5.62. The Bertz CT molecular complexity index is 556. The molecule has 116 valence electrons. The van der Waals surface area contributed by atoms with E-state index in [0.717, 1.165) is 5.56 Å². The van der Waals surface area contributed by atoms with Crippen LogP contribution in [0.15, 0.2) is 18.2 Å². The molecule has 21 heavy (non-hydrogen) atoms. The molecule has 1 heterocycles. The third kappa shape index (κ3) is 3.36. The van der Waals surface area contributed by atoms with Crippen molar-refractivity contribution in [2.24, 2.45) is 5.73 Å². The predicted octanol–water partition coefficient (Wildman–Crippen LogP) is 2.50. The Balaban J connectivity index is 2.09. The van der Waals surface area contributed by atoms with Gasteiger partial charge >= 0.3 is 6.18 Å². The Morgan fingerprint density at radius 2 is 2.05 bits per heavy atom. The van der Waals surface area contributed by atoms with Gasteiger partial charge in [-0.15, -0.1) is 0 Å². The summed E-state index contributed by atoms with van der Waals surface area (Å²) in [5, 5.41) is 2.76. The Hall–Kier alpha value is -1.60. The van der Waals surface area contributed by atoms with Crippen LogP contribution in [0.5, 0.6) is 0 Å². The number of alkyl halides is 3. The van der Waals surface area contributed by atoms with E-state index in [1.165, 1.54) is 0 Å². The molecule has 1 aliphatic rings. The molecule has 7 heteroatoms. The van der Waals surface area contributed by atoms with E-state index < -0.39 is 24.2 Å². The maximum atomic E-state index is 12.0. The van der Waals surface area contributed by atoms with Gasteiger partial charge in [0.1, 0.15) is 6.61 Å². The van der Waals surface area contributed by atoms with Crippen LogP contribution < -0.4 is 11.1 Å². The number of ether oxygens (including phenoxy) is 1. The fourth-order valence-corrected chi connectivity index (χ4v) is 2.22. The summed E-state index contributed by atoms with van der Waals surface area (Å²) in [4.78, 5) is 11.8. The average Bonchev–Trinajstić information content (AvgIpc) is 2.58. The van der Waals surface area contributed by atoms with Crippen LogP contribution in [0, 0.1) is 0 Å². The van der Waals surface area contributed by atoms with Gasteiger partial charge < -0.3 is 15.8 Å². The first-order chi connectivity index (χ1) is 9.61. The highest BCUT2D eigenvalue weighted by Gasteiger charge is 2.38. The van der Waals surface area contributed by atoms with Gasteiger partial charge in [0, 0.05) is 5.69 Å². The van der Waals surface area contributed by atoms with Crippen molar-refractivity contribution in [2.75, 3.05) is 18.5 Å². The molecule has 0 aromatic heterocycles. The van der Waals surface area contributed by atoms with Crippen molar-refractivity contribution in [3.05, 3.63) is 29.3 Å². The molecule has 1 aromatic rings. The van der Waals surface area contributed by atoms with E-state index >= 15 is 0 Å². The lowest BCUT2D eigenvalue weighted by molar-refractivity contribution is -0.174. The van der Waals surface area contributed by atoms with E-state index in [-0.39, 0.29) is 12.5 Å². The largest absolute Gasteiger partial charge is 0.411 e. The molecule has 4 nitrogen and oxygen atoms in total. The Kier molecular flexibility index (Phi) is 3.99. The van der Waals surface area contributed by atoms with Crippen molar-refractivity contribution in [1.29, 1.82) is 0 Å². The highest BCUT2D eigenvalue weighted by molar-refractivity contribution is 6.05. The normalized spacial score (nSPS) is 18.3. The van der Waals surface area contributed by atoms with E-state index in [4.69, 9.17) is 5.73 Å². The number of anilines is 1. The summed E-state index contributed by atoms with van der Waals surface area (Å²) in [5.41, 5.74) is 7.29. The smallest absolute Gasteiger partial charge is 0.370 e. The zero-order valence-corrected chi connectivity index (χ0v) is 11.8. The minimum absolute atomic E-state index is 0.114. The monoisotopic (exact) mass is 302 g/mol. The van der Waals surface area contributed by atoms with Gasteiger partial charge in [-0.2, -0.15) is 13.2 Å². The predicted molar refractivity (Wildman–Crippen MR) is 71.9 cm³/mol. The van der Waals surface area contributed by atoms with E-state index in [0.29, 0.717) is 11.3 Å². The molecule has 1 aromatic carbocycles. The van der Waals surface area contributed by atoms with Crippen LogP contribution in [0.2, 0.25) is 0 Å². The lowest BCUT2D eigenvalue weighted by Crippen LogP contribution is -2.27. The van der Waals surface area contributed by atoms with Gasteiger partial charge in [0.05, 0.1) is 18.1 Å². The van der Waals surface area contributed by atoms with E-state index in [1.54, 1.807) is 32.0 Å². The molecule has 0 bridgehead atoms. The number of nitrogens with one attached hydrogen (secondary N) is 1. The molecule has 1 amide bonds. The highest BCUT2D eigenvalue weighted by atomic mass is 19.4. The number of nitrogens with two attached hydrogens (primary N) is 1. The van der Waals surface area contributed by atoms with Crippen LogP contribution in [0.3, 0.4) is 0 Å². The summed E-state index contributed by atoms with van der Waals surface area (Å²) in [6, 6.07) is 4.46. The number of rotatable bonds is 4. The summed E-state index contributed by atoms with van der Waals surface area (Å²) in [6.45, 7) is 2.00. The maximum absolute atomic E-state index is 12.0. The van der Waals surface area contributed by atoms with Crippen LogP contribution in [0.4, 0.5) is 18.9 Å². The molecule has 1 unspecified atom stereocenters. The van der Waals surface area contributed by atoms with E-state index in [1.807, 2.05) is 0 Å². The van der Waals surface area contributed by atoms with Crippen molar-refractivity contribution < 1.29 is 22.7 Å². The van der Waals surface area contributed by atoms with Crippen molar-refractivity contribution >= 4 is 11.6 Å². The second-order valence-electron chi connectivity index (χ2n) is 5.62. The molecule has 0 saturated heterocycles. The minimum Gasteiger partial charge on any atom is -0.370 e. The van der Waals surface area contributed by atoms with Crippen molar-refractivity contribution in [3.8, 4) is 0 Å². The number of carbonyl (C=O) groups is 1. The summed E-state index contributed by atoms with van der Waals surface area (Å²) in [7, 11) is 0. The minimum atomic E-state index is -4.37. The number of benzene rings is 1. The lowest BCUT2D eigenvalue weighted by atomic mass is 9.85.